The minimum Gasteiger partial charge on any atom is -0.339 e. The molecule has 0 saturated heterocycles. The highest BCUT2D eigenvalue weighted by Gasteiger charge is 2.28. The summed E-state index contributed by atoms with van der Waals surface area (Å²) in [6.07, 6.45) is 2.06. The van der Waals surface area contributed by atoms with Crippen LogP contribution in [0.25, 0.3) is 0 Å². The zero-order valence-corrected chi connectivity index (χ0v) is 12.6. The van der Waals surface area contributed by atoms with E-state index in [-0.39, 0.29) is 23.1 Å². The second-order valence-electron chi connectivity index (χ2n) is 5.08. The summed E-state index contributed by atoms with van der Waals surface area (Å²) in [6, 6.07) is 3.70. The van der Waals surface area contributed by atoms with Crippen molar-refractivity contribution < 1.29 is 18.5 Å². The van der Waals surface area contributed by atoms with Crippen LogP contribution in [-0.2, 0) is 16.1 Å². The fourth-order valence-corrected chi connectivity index (χ4v) is 2.01. The van der Waals surface area contributed by atoms with E-state index in [1.807, 2.05) is 0 Å². The number of amides is 2. The molecule has 23 heavy (non-hydrogen) atoms. The van der Waals surface area contributed by atoms with Gasteiger partial charge in [0.2, 0.25) is 5.89 Å². The molecule has 0 spiro atoms. The number of carbonyl (C=O) groups excluding carboxylic acids is 2. The van der Waals surface area contributed by atoms with Crippen LogP contribution in [0.15, 0.2) is 22.7 Å². The van der Waals surface area contributed by atoms with Gasteiger partial charge >= 0.3 is 11.8 Å². The first kappa shape index (κ1) is 15.4. The van der Waals surface area contributed by atoms with E-state index in [1.54, 1.807) is 0 Å². The summed E-state index contributed by atoms with van der Waals surface area (Å²) in [6.45, 7) is -0.0743. The third-order valence-electron chi connectivity index (χ3n) is 3.21. The van der Waals surface area contributed by atoms with Crippen molar-refractivity contribution in [1.82, 2.24) is 15.5 Å². The van der Waals surface area contributed by atoms with Crippen molar-refractivity contribution in [2.24, 2.45) is 0 Å². The Morgan fingerprint density at radius 1 is 1.35 bits per heavy atom. The van der Waals surface area contributed by atoms with Gasteiger partial charge in [0.15, 0.2) is 5.82 Å². The molecule has 1 aliphatic carbocycles. The first-order valence-electron chi connectivity index (χ1n) is 6.89. The second-order valence-corrected chi connectivity index (χ2v) is 5.52. The SMILES string of the molecule is O=C(NCc1nc(C2CC2)no1)C(=O)Nc1ccc(Cl)cc1F. The van der Waals surface area contributed by atoms with E-state index in [2.05, 4.69) is 20.8 Å². The predicted octanol–water partition coefficient (Wildman–Crippen LogP) is 1.99. The van der Waals surface area contributed by atoms with Crippen LogP contribution in [0.4, 0.5) is 10.1 Å². The smallest absolute Gasteiger partial charge is 0.313 e. The Kier molecular flexibility index (Phi) is 4.24. The number of halogens is 2. The monoisotopic (exact) mass is 338 g/mol. The van der Waals surface area contributed by atoms with E-state index in [4.69, 9.17) is 16.1 Å². The first-order chi connectivity index (χ1) is 11.0. The molecule has 1 aliphatic rings. The Bertz CT molecular complexity index is 760. The van der Waals surface area contributed by atoms with Crippen molar-refractivity contribution in [3.8, 4) is 0 Å². The van der Waals surface area contributed by atoms with Crippen molar-refractivity contribution in [2.75, 3.05) is 5.32 Å². The third kappa shape index (κ3) is 3.84. The summed E-state index contributed by atoms with van der Waals surface area (Å²) >= 11 is 5.61. The molecule has 0 atom stereocenters. The summed E-state index contributed by atoms with van der Waals surface area (Å²) in [5.41, 5.74) is -0.136. The van der Waals surface area contributed by atoms with Crippen molar-refractivity contribution in [2.45, 2.75) is 25.3 Å². The summed E-state index contributed by atoms with van der Waals surface area (Å²) in [4.78, 5) is 27.5. The van der Waals surface area contributed by atoms with E-state index in [0.29, 0.717) is 11.7 Å². The van der Waals surface area contributed by atoms with Crippen LogP contribution < -0.4 is 10.6 Å². The van der Waals surface area contributed by atoms with Gasteiger partial charge in [0.25, 0.3) is 0 Å². The van der Waals surface area contributed by atoms with Crippen LogP contribution in [0.1, 0.15) is 30.5 Å². The quantitative estimate of drug-likeness (QED) is 0.831. The van der Waals surface area contributed by atoms with Crippen molar-refractivity contribution >= 4 is 29.1 Å². The standard InChI is InChI=1S/C14H12ClFN4O3/c15-8-3-4-10(9(16)5-8)18-14(22)13(21)17-6-11-19-12(20-23-11)7-1-2-7/h3-5,7H,1-2,6H2,(H,17,21)(H,18,22). The molecule has 0 radical (unpaired) electrons. The second kappa shape index (κ2) is 6.33. The fraction of sp³-hybridized carbons (Fsp3) is 0.286. The lowest BCUT2D eigenvalue weighted by molar-refractivity contribution is -0.136. The molecule has 1 heterocycles. The Labute approximate surface area is 135 Å². The van der Waals surface area contributed by atoms with Crippen molar-refractivity contribution in [3.05, 3.63) is 40.8 Å². The normalized spacial score (nSPS) is 13.7. The molecule has 1 aromatic heterocycles. The average molecular weight is 339 g/mol. The molecule has 7 nitrogen and oxygen atoms in total. The molecule has 120 valence electrons. The Balaban J connectivity index is 1.53. The zero-order chi connectivity index (χ0) is 16.4. The van der Waals surface area contributed by atoms with Crippen LogP contribution in [-0.4, -0.2) is 22.0 Å². The van der Waals surface area contributed by atoms with Gasteiger partial charge in [-0.3, -0.25) is 9.59 Å². The highest BCUT2D eigenvalue weighted by atomic mass is 35.5. The molecule has 2 N–H and O–H groups in total. The van der Waals surface area contributed by atoms with Crippen molar-refractivity contribution in [3.63, 3.8) is 0 Å². The summed E-state index contributed by atoms with van der Waals surface area (Å²) in [5, 5.41) is 8.46. The van der Waals surface area contributed by atoms with E-state index < -0.39 is 17.6 Å². The van der Waals surface area contributed by atoms with E-state index >= 15 is 0 Å². The lowest BCUT2D eigenvalue weighted by Gasteiger charge is -2.06. The van der Waals surface area contributed by atoms with Gasteiger partial charge in [-0.2, -0.15) is 4.98 Å². The van der Waals surface area contributed by atoms with Gasteiger partial charge in [-0.1, -0.05) is 16.8 Å². The molecule has 2 amide bonds. The zero-order valence-electron chi connectivity index (χ0n) is 11.8. The molecule has 2 aromatic rings. The number of aromatic nitrogens is 2. The van der Waals surface area contributed by atoms with Crippen LogP contribution in [0.3, 0.4) is 0 Å². The van der Waals surface area contributed by atoms with Gasteiger partial charge in [0.05, 0.1) is 12.2 Å². The number of rotatable bonds is 4. The topological polar surface area (TPSA) is 97.1 Å². The maximum absolute atomic E-state index is 13.5. The molecule has 1 saturated carbocycles. The lowest BCUT2D eigenvalue weighted by atomic mass is 10.3. The van der Waals surface area contributed by atoms with Gasteiger partial charge in [0, 0.05) is 10.9 Å². The highest BCUT2D eigenvalue weighted by molar-refractivity contribution is 6.39. The largest absolute Gasteiger partial charge is 0.339 e. The first-order valence-corrected chi connectivity index (χ1v) is 7.27. The molecule has 0 bridgehead atoms. The number of anilines is 1. The number of nitrogens with one attached hydrogen (secondary N) is 2. The number of benzene rings is 1. The fourth-order valence-electron chi connectivity index (χ4n) is 1.85. The van der Waals surface area contributed by atoms with E-state index in [0.717, 1.165) is 18.9 Å². The molecular weight excluding hydrogens is 327 g/mol. The van der Waals surface area contributed by atoms with Gasteiger partial charge in [-0.05, 0) is 31.0 Å². The van der Waals surface area contributed by atoms with Crippen LogP contribution >= 0.6 is 11.6 Å². The van der Waals surface area contributed by atoms with Crippen molar-refractivity contribution in [1.29, 1.82) is 0 Å². The average Bonchev–Trinajstić information content (AvgIpc) is 3.26. The van der Waals surface area contributed by atoms with Gasteiger partial charge in [0.1, 0.15) is 5.82 Å². The number of hydrogen-bond donors (Lipinski definition) is 2. The van der Waals surface area contributed by atoms with Crippen LogP contribution in [0.5, 0.6) is 0 Å². The van der Waals surface area contributed by atoms with Crippen LogP contribution in [0.2, 0.25) is 5.02 Å². The van der Waals surface area contributed by atoms with E-state index in [9.17, 15) is 14.0 Å². The molecule has 3 rings (SSSR count). The van der Waals surface area contributed by atoms with Crippen LogP contribution in [0, 0.1) is 5.82 Å². The molecule has 0 unspecified atom stereocenters. The minimum absolute atomic E-state index is 0.0743. The van der Waals surface area contributed by atoms with Gasteiger partial charge < -0.3 is 15.2 Å². The number of carbonyl (C=O) groups is 2. The summed E-state index contributed by atoms with van der Waals surface area (Å²) in [5.74, 6) is -1.52. The maximum Gasteiger partial charge on any atom is 0.313 e. The minimum atomic E-state index is -1.01. The summed E-state index contributed by atoms with van der Waals surface area (Å²) in [7, 11) is 0. The third-order valence-corrected chi connectivity index (χ3v) is 3.45. The summed E-state index contributed by atoms with van der Waals surface area (Å²) < 4.78 is 18.5. The van der Waals surface area contributed by atoms with Gasteiger partial charge in [-0.25, -0.2) is 4.39 Å². The Morgan fingerprint density at radius 2 is 2.13 bits per heavy atom. The molecule has 0 aliphatic heterocycles. The Morgan fingerprint density at radius 3 is 2.83 bits per heavy atom. The molecular formula is C14H12ClFN4O3. The number of hydrogen-bond acceptors (Lipinski definition) is 5. The number of nitrogens with zero attached hydrogens (tertiary/aromatic N) is 2. The maximum atomic E-state index is 13.5. The molecule has 1 fully saturated rings. The lowest BCUT2D eigenvalue weighted by Crippen LogP contribution is -2.35. The van der Waals surface area contributed by atoms with Gasteiger partial charge in [-0.15, -0.1) is 0 Å². The molecule has 9 heteroatoms. The molecule has 1 aromatic carbocycles. The Hall–Kier alpha value is -2.48. The predicted molar refractivity (Wildman–Crippen MR) is 78.2 cm³/mol. The van der Waals surface area contributed by atoms with E-state index in [1.165, 1.54) is 12.1 Å². The highest BCUT2D eigenvalue weighted by Crippen LogP contribution is 2.38.